The van der Waals surface area contributed by atoms with Crippen LogP contribution in [-0.4, -0.2) is 30.3 Å². The van der Waals surface area contributed by atoms with Crippen molar-refractivity contribution < 1.29 is 19.1 Å². The topological polar surface area (TPSA) is 64.6 Å². The maximum atomic E-state index is 12.3. The molecular formula is C18H27NO4. The van der Waals surface area contributed by atoms with Crippen LogP contribution >= 0.6 is 0 Å². The lowest BCUT2D eigenvalue weighted by Gasteiger charge is -2.23. The fourth-order valence-electron chi connectivity index (χ4n) is 1.84. The molecule has 0 aliphatic heterocycles. The largest absolute Gasteiger partial charge is 0.464 e. The lowest BCUT2D eigenvalue weighted by atomic mass is 10.1. The van der Waals surface area contributed by atoms with E-state index in [0.29, 0.717) is 13.0 Å². The third kappa shape index (κ3) is 8.24. The summed E-state index contributed by atoms with van der Waals surface area (Å²) in [5.74, 6) is -0.216. The predicted octanol–water partition coefficient (Wildman–Crippen LogP) is 3.32. The summed E-state index contributed by atoms with van der Waals surface area (Å²) in [5.41, 5.74) is 0.318. The van der Waals surface area contributed by atoms with E-state index in [0.717, 1.165) is 5.56 Å². The first kappa shape index (κ1) is 19.0. The molecule has 1 amide bonds. The fourth-order valence-corrected chi connectivity index (χ4v) is 1.84. The molecule has 1 N–H and O–H groups in total. The Labute approximate surface area is 138 Å². The number of rotatable bonds is 6. The van der Waals surface area contributed by atoms with E-state index in [1.54, 1.807) is 20.8 Å². The Morgan fingerprint density at radius 3 is 2.26 bits per heavy atom. The molecule has 5 nitrogen and oxygen atoms in total. The number of alkyl carbamates (subject to hydrolysis) is 1. The molecule has 1 aromatic rings. The van der Waals surface area contributed by atoms with Crippen molar-refractivity contribution in [3.63, 3.8) is 0 Å². The van der Waals surface area contributed by atoms with E-state index in [1.165, 1.54) is 0 Å². The number of carbonyl (C=O) groups excluding carboxylic acids is 2. The molecule has 1 aromatic carbocycles. The molecule has 0 bridgehead atoms. The highest BCUT2D eigenvalue weighted by Crippen LogP contribution is 2.09. The van der Waals surface area contributed by atoms with Gasteiger partial charge in [-0.05, 0) is 32.3 Å². The van der Waals surface area contributed by atoms with Gasteiger partial charge in [-0.25, -0.2) is 9.59 Å². The van der Waals surface area contributed by atoms with Gasteiger partial charge in [0.1, 0.15) is 11.6 Å². The van der Waals surface area contributed by atoms with Crippen LogP contribution in [0, 0.1) is 5.92 Å². The Hall–Kier alpha value is -2.04. The van der Waals surface area contributed by atoms with Gasteiger partial charge >= 0.3 is 12.1 Å². The second-order valence-corrected chi connectivity index (χ2v) is 6.91. The van der Waals surface area contributed by atoms with Crippen LogP contribution in [0.2, 0.25) is 0 Å². The Balaban J connectivity index is 2.75. The van der Waals surface area contributed by atoms with Gasteiger partial charge < -0.3 is 14.8 Å². The third-order valence-electron chi connectivity index (χ3n) is 2.82. The first-order chi connectivity index (χ1) is 10.7. The van der Waals surface area contributed by atoms with E-state index >= 15 is 0 Å². The standard InChI is InChI=1S/C18H27NO4/c1-13(2)12-22-16(20)15(11-14-9-7-6-8-10-14)19-17(21)23-18(3,4)5/h6-10,13,15H,11-12H2,1-5H3,(H,19,21). The van der Waals surface area contributed by atoms with Crippen LogP contribution in [-0.2, 0) is 20.7 Å². The van der Waals surface area contributed by atoms with Crippen LogP contribution in [0.25, 0.3) is 0 Å². The van der Waals surface area contributed by atoms with Crippen molar-refractivity contribution in [3.05, 3.63) is 35.9 Å². The summed E-state index contributed by atoms with van der Waals surface area (Å²) in [5, 5.41) is 2.61. The average molecular weight is 321 g/mol. The number of carbonyl (C=O) groups is 2. The van der Waals surface area contributed by atoms with E-state index in [2.05, 4.69) is 5.32 Å². The second-order valence-electron chi connectivity index (χ2n) is 6.91. The Morgan fingerprint density at radius 2 is 1.74 bits per heavy atom. The van der Waals surface area contributed by atoms with Gasteiger partial charge in [-0.1, -0.05) is 44.2 Å². The smallest absolute Gasteiger partial charge is 0.408 e. The molecule has 0 heterocycles. The monoisotopic (exact) mass is 321 g/mol. The van der Waals surface area contributed by atoms with Crippen LogP contribution in [0.4, 0.5) is 4.79 Å². The van der Waals surface area contributed by atoms with Crippen LogP contribution in [0.1, 0.15) is 40.2 Å². The molecule has 0 saturated heterocycles. The number of nitrogens with one attached hydrogen (secondary N) is 1. The molecule has 0 saturated carbocycles. The zero-order chi connectivity index (χ0) is 17.5. The SMILES string of the molecule is CC(C)COC(=O)C(Cc1ccccc1)NC(=O)OC(C)(C)C. The highest BCUT2D eigenvalue weighted by atomic mass is 16.6. The molecule has 0 fully saturated rings. The van der Waals surface area contributed by atoms with E-state index in [1.807, 2.05) is 44.2 Å². The normalized spacial score (nSPS) is 12.6. The van der Waals surface area contributed by atoms with Crippen molar-refractivity contribution in [2.24, 2.45) is 5.92 Å². The van der Waals surface area contributed by atoms with Crippen molar-refractivity contribution in [2.75, 3.05) is 6.61 Å². The average Bonchev–Trinajstić information content (AvgIpc) is 2.43. The second kappa shape index (κ2) is 8.56. The van der Waals surface area contributed by atoms with Gasteiger partial charge in [-0.3, -0.25) is 0 Å². The van der Waals surface area contributed by atoms with Crippen LogP contribution in [0.15, 0.2) is 30.3 Å². The summed E-state index contributed by atoms with van der Waals surface area (Å²) in [6, 6.07) is 8.71. The molecule has 5 heteroatoms. The van der Waals surface area contributed by atoms with Gasteiger partial charge in [-0.2, -0.15) is 0 Å². The maximum absolute atomic E-state index is 12.3. The number of hydrogen-bond acceptors (Lipinski definition) is 4. The van der Waals surface area contributed by atoms with Gasteiger partial charge in [0.15, 0.2) is 0 Å². The summed E-state index contributed by atoms with van der Waals surface area (Å²) < 4.78 is 10.5. The molecule has 0 radical (unpaired) electrons. The minimum atomic E-state index is -0.772. The molecule has 0 spiro atoms. The van der Waals surface area contributed by atoms with Crippen molar-refractivity contribution in [3.8, 4) is 0 Å². The zero-order valence-electron chi connectivity index (χ0n) is 14.6. The minimum absolute atomic E-state index is 0.234. The van der Waals surface area contributed by atoms with Gasteiger partial charge in [0.05, 0.1) is 6.61 Å². The van der Waals surface area contributed by atoms with Crippen LogP contribution in [0.5, 0.6) is 0 Å². The van der Waals surface area contributed by atoms with E-state index in [-0.39, 0.29) is 5.92 Å². The first-order valence-corrected chi connectivity index (χ1v) is 7.87. The predicted molar refractivity (Wildman–Crippen MR) is 89.1 cm³/mol. The van der Waals surface area contributed by atoms with Gasteiger partial charge in [0.2, 0.25) is 0 Å². The summed E-state index contributed by atoms with van der Waals surface area (Å²) >= 11 is 0. The number of amides is 1. The highest BCUT2D eigenvalue weighted by molar-refractivity contribution is 5.81. The zero-order valence-corrected chi connectivity index (χ0v) is 14.6. The molecule has 0 aliphatic carbocycles. The van der Waals surface area contributed by atoms with Crippen LogP contribution < -0.4 is 5.32 Å². The maximum Gasteiger partial charge on any atom is 0.408 e. The molecule has 1 atom stereocenters. The lowest BCUT2D eigenvalue weighted by Crippen LogP contribution is -2.45. The summed E-state index contributed by atoms with van der Waals surface area (Å²) in [4.78, 5) is 24.2. The quantitative estimate of drug-likeness (QED) is 0.816. The minimum Gasteiger partial charge on any atom is -0.464 e. The van der Waals surface area contributed by atoms with Crippen molar-refractivity contribution in [1.29, 1.82) is 0 Å². The molecule has 0 aromatic heterocycles. The van der Waals surface area contributed by atoms with Crippen LogP contribution in [0.3, 0.4) is 0 Å². The number of ether oxygens (including phenoxy) is 2. The molecule has 128 valence electrons. The van der Waals surface area contributed by atoms with Crippen molar-refractivity contribution >= 4 is 12.1 Å². The molecule has 0 aliphatic rings. The lowest BCUT2D eigenvalue weighted by molar-refractivity contribution is -0.147. The van der Waals surface area contributed by atoms with Gasteiger partial charge in [-0.15, -0.1) is 0 Å². The molecular weight excluding hydrogens is 294 g/mol. The van der Waals surface area contributed by atoms with E-state index in [9.17, 15) is 9.59 Å². The molecule has 23 heavy (non-hydrogen) atoms. The fraction of sp³-hybridized carbons (Fsp3) is 0.556. The van der Waals surface area contributed by atoms with E-state index < -0.39 is 23.7 Å². The Kier molecular flexibility index (Phi) is 7.07. The van der Waals surface area contributed by atoms with E-state index in [4.69, 9.17) is 9.47 Å². The highest BCUT2D eigenvalue weighted by Gasteiger charge is 2.26. The summed E-state index contributed by atoms with van der Waals surface area (Å²) in [6.45, 7) is 9.56. The third-order valence-corrected chi connectivity index (χ3v) is 2.82. The number of esters is 1. The number of benzene rings is 1. The van der Waals surface area contributed by atoms with Crippen molar-refractivity contribution in [2.45, 2.75) is 52.7 Å². The Morgan fingerprint density at radius 1 is 1.13 bits per heavy atom. The Bertz CT molecular complexity index is 506. The van der Waals surface area contributed by atoms with Crippen molar-refractivity contribution in [1.82, 2.24) is 5.32 Å². The molecule has 1 rings (SSSR count). The van der Waals surface area contributed by atoms with Gasteiger partial charge in [0, 0.05) is 6.42 Å². The summed E-state index contributed by atoms with van der Waals surface area (Å²) in [6.07, 6.45) is -0.267. The summed E-state index contributed by atoms with van der Waals surface area (Å²) in [7, 11) is 0. The van der Waals surface area contributed by atoms with Gasteiger partial charge in [0.25, 0.3) is 0 Å². The first-order valence-electron chi connectivity index (χ1n) is 7.87. The number of hydrogen-bond donors (Lipinski definition) is 1. The molecule has 1 unspecified atom stereocenters.